The molecule has 2 aromatic rings. The van der Waals surface area contributed by atoms with Crippen molar-refractivity contribution in [3.05, 3.63) is 47.4 Å². The van der Waals surface area contributed by atoms with Gasteiger partial charge in [-0.15, -0.1) is 0 Å². The molecular formula is C13H17FN4O. The Bertz CT molecular complexity index is 526. The monoisotopic (exact) mass is 264 g/mol. The summed E-state index contributed by atoms with van der Waals surface area (Å²) in [6.45, 7) is 2.82. The van der Waals surface area contributed by atoms with Crippen LogP contribution < -0.4 is 5.73 Å². The van der Waals surface area contributed by atoms with Crippen molar-refractivity contribution < 1.29 is 8.91 Å². The van der Waals surface area contributed by atoms with Gasteiger partial charge in [-0.05, 0) is 31.7 Å². The van der Waals surface area contributed by atoms with Crippen LogP contribution >= 0.6 is 0 Å². The largest absolute Gasteiger partial charge is 0.338 e. The van der Waals surface area contributed by atoms with E-state index in [-0.39, 0.29) is 18.4 Å². The molecule has 5 nitrogen and oxygen atoms in total. The number of nitrogens with two attached hydrogens (primary N) is 1. The van der Waals surface area contributed by atoms with Gasteiger partial charge < -0.3 is 10.3 Å². The number of aromatic nitrogens is 2. The minimum absolute atomic E-state index is 0.125. The van der Waals surface area contributed by atoms with E-state index in [2.05, 4.69) is 15.0 Å². The highest BCUT2D eigenvalue weighted by atomic mass is 19.1. The summed E-state index contributed by atoms with van der Waals surface area (Å²) in [5, 5.41) is 3.85. The van der Waals surface area contributed by atoms with Gasteiger partial charge in [0.05, 0.1) is 13.1 Å². The molecule has 0 aliphatic rings. The van der Waals surface area contributed by atoms with E-state index in [0.717, 1.165) is 5.56 Å². The maximum absolute atomic E-state index is 12.9. The summed E-state index contributed by atoms with van der Waals surface area (Å²) >= 11 is 0. The molecule has 0 spiro atoms. The van der Waals surface area contributed by atoms with Gasteiger partial charge in [-0.1, -0.05) is 17.3 Å². The molecule has 1 atom stereocenters. The molecule has 0 bridgehead atoms. The smallest absolute Gasteiger partial charge is 0.240 e. The molecule has 0 aliphatic carbocycles. The highest BCUT2D eigenvalue weighted by molar-refractivity contribution is 5.19. The van der Waals surface area contributed by atoms with Gasteiger partial charge >= 0.3 is 0 Å². The van der Waals surface area contributed by atoms with Crippen LogP contribution in [-0.4, -0.2) is 22.1 Å². The van der Waals surface area contributed by atoms with Crippen molar-refractivity contribution in [2.45, 2.75) is 26.1 Å². The van der Waals surface area contributed by atoms with E-state index < -0.39 is 0 Å². The fourth-order valence-electron chi connectivity index (χ4n) is 1.79. The van der Waals surface area contributed by atoms with Gasteiger partial charge in [0, 0.05) is 6.04 Å². The van der Waals surface area contributed by atoms with Crippen LogP contribution in [0.1, 0.15) is 30.2 Å². The van der Waals surface area contributed by atoms with Gasteiger partial charge in [-0.2, -0.15) is 4.98 Å². The summed E-state index contributed by atoms with van der Waals surface area (Å²) in [5.41, 5.74) is 6.45. The first-order valence-corrected chi connectivity index (χ1v) is 6.07. The first-order chi connectivity index (χ1) is 9.10. The first-order valence-electron chi connectivity index (χ1n) is 6.07. The molecule has 1 heterocycles. The Balaban J connectivity index is 2.02. The van der Waals surface area contributed by atoms with Crippen LogP contribution in [0.3, 0.4) is 0 Å². The Morgan fingerprint density at radius 1 is 1.37 bits per heavy atom. The van der Waals surface area contributed by atoms with Crippen molar-refractivity contribution in [1.82, 2.24) is 15.0 Å². The number of rotatable bonds is 5. The van der Waals surface area contributed by atoms with Crippen molar-refractivity contribution in [1.29, 1.82) is 0 Å². The second-order valence-electron chi connectivity index (χ2n) is 4.45. The fourth-order valence-corrected chi connectivity index (χ4v) is 1.79. The minimum atomic E-state index is -0.232. The Labute approximate surface area is 111 Å². The molecule has 0 amide bonds. The van der Waals surface area contributed by atoms with Crippen LogP contribution in [0.5, 0.6) is 0 Å². The van der Waals surface area contributed by atoms with Crippen LogP contribution in [0.25, 0.3) is 0 Å². The molecule has 6 heteroatoms. The maximum atomic E-state index is 12.9. The van der Waals surface area contributed by atoms with Crippen LogP contribution in [0.2, 0.25) is 0 Å². The molecular weight excluding hydrogens is 247 g/mol. The van der Waals surface area contributed by atoms with E-state index in [1.54, 1.807) is 12.1 Å². The van der Waals surface area contributed by atoms with Gasteiger partial charge in [0.15, 0.2) is 5.82 Å². The third-order valence-corrected chi connectivity index (χ3v) is 3.09. The molecule has 2 N–H and O–H groups in total. The molecule has 19 heavy (non-hydrogen) atoms. The molecule has 102 valence electrons. The zero-order valence-electron chi connectivity index (χ0n) is 11.0. The lowest BCUT2D eigenvalue weighted by Gasteiger charge is -2.23. The zero-order valence-corrected chi connectivity index (χ0v) is 11.0. The van der Waals surface area contributed by atoms with Crippen molar-refractivity contribution >= 4 is 0 Å². The molecule has 0 aliphatic heterocycles. The number of nitrogens with zero attached hydrogens (tertiary/aromatic N) is 3. The Kier molecular flexibility index (Phi) is 4.24. The lowest BCUT2D eigenvalue weighted by Crippen LogP contribution is -2.22. The van der Waals surface area contributed by atoms with Gasteiger partial charge in [0.25, 0.3) is 0 Å². The van der Waals surface area contributed by atoms with E-state index in [1.165, 1.54) is 12.1 Å². The lowest BCUT2D eigenvalue weighted by molar-refractivity contribution is 0.242. The molecule has 1 unspecified atom stereocenters. The second-order valence-corrected chi connectivity index (χ2v) is 4.45. The molecule has 0 saturated carbocycles. The highest BCUT2D eigenvalue weighted by Crippen LogP contribution is 2.20. The van der Waals surface area contributed by atoms with Gasteiger partial charge in [0.2, 0.25) is 5.89 Å². The van der Waals surface area contributed by atoms with Crippen molar-refractivity contribution in [2.75, 3.05) is 7.05 Å². The maximum Gasteiger partial charge on any atom is 0.240 e. The summed E-state index contributed by atoms with van der Waals surface area (Å²) in [5.74, 6) is 0.791. The Morgan fingerprint density at radius 2 is 2.05 bits per heavy atom. The zero-order chi connectivity index (χ0) is 13.8. The average Bonchev–Trinajstić information content (AvgIpc) is 2.86. The predicted octanol–water partition coefficient (Wildman–Crippen LogP) is 1.86. The molecule has 0 fully saturated rings. The van der Waals surface area contributed by atoms with Gasteiger partial charge in [-0.25, -0.2) is 4.39 Å². The summed E-state index contributed by atoms with van der Waals surface area (Å²) < 4.78 is 17.8. The van der Waals surface area contributed by atoms with Crippen LogP contribution in [0.4, 0.5) is 4.39 Å². The third kappa shape index (κ3) is 3.36. The number of hydrogen-bond acceptors (Lipinski definition) is 5. The van der Waals surface area contributed by atoms with Crippen molar-refractivity contribution in [2.24, 2.45) is 5.73 Å². The summed E-state index contributed by atoms with van der Waals surface area (Å²) in [7, 11) is 1.95. The van der Waals surface area contributed by atoms with Crippen molar-refractivity contribution in [3.8, 4) is 0 Å². The van der Waals surface area contributed by atoms with Gasteiger partial charge in [0.1, 0.15) is 5.82 Å². The molecule has 2 rings (SSSR count). The van der Waals surface area contributed by atoms with Crippen LogP contribution in [0, 0.1) is 5.82 Å². The minimum Gasteiger partial charge on any atom is -0.338 e. The Hall–Kier alpha value is -1.79. The Morgan fingerprint density at radius 3 is 2.63 bits per heavy atom. The SMILES string of the molecule is CC(c1ccc(F)cc1)N(C)Cc1noc(CN)n1. The summed E-state index contributed by atoms with van der Waals surface area (Å²) in [4.78, 5) is 6.21. The topological polar surface area (TPSA) is 68.2 Å². The highest BCUT2D eigenvalue weighted by Gasteiger charge is 2.15. The molecule has 0 radical (unpaired) electrons. The predicted molar refractivity (Wildman–Crippen MR) is 68.5 cm³/mol. The van der Waals surface area contributed by atoms with E-state index in [9.17, 15) is 4.39 Å². The van der Waals surface area contributed by atoms with Crippen LogP contribution in [0.15, 0.2) is 28.8 Å². The molecule has 1 aromatic heterocycles. The van der Waals surface area contributed by atoms with Gasteiger partial charge in [-0.3, -0.25) is 4.90 Å². The average molecular weight is 264 g/mol. The number of hydrogen-bond donors (Lipinski definition) is 1. The normalized spacial score (nSPS) is 12.9. The second kappa shape index (κ2) is 5.90. The fraction of sp³-hybridized carbons (Fsp3) is 0.385. The molecule has 0 saturated heterocycles. The van der Waals surface area contributed by atoms with Crippen molar-refractivity contribution in [3.63, 3.8) is 0 Å². The first kappa shape index (κ1) is 13.6. The van der Waals surface area contributed by atoms with E-state index in [1.807, 2.05) is 14.0 Å². The lowest BCUT2D eigenvalue weighted by atomic mass is 10.1. The van der Waals surface area contributed by atoms with E-state index >= 15 is 0 Å². The van der Waals surface area contributed by atoms with Crippen LogP contribution in [-0.2, 0) is 13.1 Å². The third-order valence-electron chi connectivity index (χ3n) is 3.09. The quantitative estimate of drug-likeness (QED) is 0.892. The standard InChI is InChI=1S/C13H17FN4O/c1-9(10-3-5-11(14)6-4-10)18(2)8-12-16-13(7-15)19-17-12/h3-6,9H,7-8,15H2,1-2H3. The number of halogens is 1. The summed E-state index contributed by atoms with van der Waals surface area (Å²) in [6, 6.07) is 6.59. The molecule has 1 aromatic carbocycles. The number of benzene rings is 1. The van der Waals surface area contributed by atoms with E-state index in [0.29, 0.717) is 18.3 Å². The van der Waals surface area contributed by atoms with E-state index in [4.69, 9.17) is 10.3 Å². The summed E-state index contributed by atoms with van der Waals surface area (Å²) in [6.07, 6.45) is 0.